The molecule has 1 atom stereocenters. The number of carbonyl (C=O) groups is 1. The van der Waals surface area contributed by atoms with Crippen LogP contribution in [0.1, 0.15) is 63.6 Å². The first-order chi connectivity index (χ1) is 18.4. The number of carbonyl (C=O) groups excluding carboxylic acids is 1. The van der Waals surface area contributed by atoms with E-state index in [0.29, 0.717) is 44.8 Å². The summed E-state index contributed by atoms with van der Waals surface area (Å²) >= 11 is 14.0. The van der Waals surface area contributed by atoms with Crippen molar-refractivity contribution in [1.82, 2.24) is 14.8 Å². The van der Waals surface area contributed by atoms with Crippen LogP contribution in [0.2, 0.25) is 10.0 Å². The minimum atomic E-state index is -0.578. The fraction of sp³-hybridized carbons (Fsp3) is 0.393. The lowest BCUT2D eigenvalue weighted by atomic mass is 9.95. The van der Waals surface area contributed by atoms with E-state index in [1.54, 1.807) is 28.6 Å². The number of fused-ring (bicyclic) bond motifs is 1. The number of hydrogen-bond acceptors (Lipinski definition) is 7. The average Bonchev–Trinajstić information content (AvgIpc) is 3.30. The Morgan fingerprint density at radius 3 is 2.68 bits per heavy atom. The summed E-state index contributed by atoms with van der Waals surface area (Å²) < 4.78 is 13.7. The van der Waals surface area contributed by atoms with Crippen LogP contribution in [0.3, 0.4) is 0 Å². The molecule has 3 aromatic rings. The van der Waals surface area contributed by atoms with Gasteiger partial charge >= 0.3 is 5.97 Å². The summed E-state index contributed by atoms with van der Waals surface area (Å²) in [6.07, 6.45) is 3.90. The summed E-state index contributed by atoms with van der Waals surface area (Å²) in [7, 11) is 0. The van der Waals surface area contributed by atoms with Crippen LogP contribution >= 0.6 is 35.0 Å². The zero-order valence-electron chi connectivity index (χ0n) is 21.8. The standard InChI is InChI=1S/C28H32Cl2N4O3S/c1-4-6-14-36-26(35)24-18(3)31-27-32-28(38-15-7-5-2)33-34(27)25(24)21-10-8-9-11-23(21)37-17-19-12-13-20(29)16-22(19)30/h8-13,16,25H,4-7,14-15,17H2,1-3H3,(H,31,32,33). The van der Waals surface area contributed by atoms with Crippen molar-refractivity contribution in [3.05, 3.63) is 74.9 Å². The maximum absolute atomic E-state index is 13.4. The van der Waals surface area contributed by atoms with Crippen LogP contribution < -0.4 is 10.1 Å². The molecule has 1 aliphatic rings. The third kappa shape index (κ3) is 6.65. The minimum Gasteiger partial charge on any atom is -0.488 e. The normalized spacial score (nSPS) is 14.7. The monoisotopic (exact) mass is 574 g/mol. The fourth-order valence-corrected chi connectivity index (χ4v) is 5.45. The lowest BCUT2D eigenvalue weighted by Gasteiger charge is -2.29. The highest BCUT2D eigenvalue weighted by Crippen LogP contribution is 2.40. The van der Waals surface area contributed by atoms with E-state index >= 15 is 0 Å². The molecule has 0 saturated heterocycles. The highest BCUT2D eigenvalue weighted by Gasteiger charge is 2.36. The highest BCUT2D eigenvalue weighted by atomic mass is 35.5. The number of thioether (sulfide) groups is 1. The summed E-state index contributed by atoms with van der Waals surface area (Å²) in [5, 5.41) is 9.81. The molecule has 7 nitrogen and oxygen atoms in total. The van der Waals surface area contributed by atoms with Gasteiger partial charge in [-0.1, -0.05) is 85.9 Å². The molecule has 1 N–H and O–H groups in total. The van der Waals surface area contributed by atoms with Gasteiger partial charge in [-0.2, -0.15) is 4.98 Å². The number of esters is 1. The van der Waals surface area contributed by atoms with Gasteiger partial charge in [-0.15, -0.1) is 5.10 Å². The zero-order chi connectivity index (χ0) is 27.1. The van der Waals surface area contributed by atoms with Crippen molar-refractivity contribution in [2.75, 3.05) is 17.7 Å². The van der Waals surface area contributed by atoms with Crippen LogP contribution in [0.4, 0.5) is 5.95 Å². The summed E-state index contributed by atoms with van der Waals surface area (Å²) in [5.74, 6) is 1.72. The molecule has 0 radical (unpaired) electrons. The molecular weight excluding hydrogens is 543 g/mol. The first-order valence-corrected chi connectivity index (χ1v) is 14.6. The smallest absolute Gasteiger partial charge is 0.338 e. The molecular formula is C28H32Cl2N4O3S. The summed E-state index contributed by atoms with van der Waals surface area (Å²) in [6.45, 7) is 6.67. The van der Waals surface area contributed by atoms with Gasteiger partial charge in [0.05, 0.1) is 12.2 Å². The number of allylic oxidation sites excluding steroid dienone is 1. The third-order valence-corrected chi connectivity index (χ3v) is 7.64. The van der Waals surface area contributed by atoms with Crippen LogP contribution in [0.15, 0.2) is 58.9 Å². The molecule has 0 saturated carbocycles. The third-order valence-electron chi connectivity index (χ3n) is 6.13. The molecule has 2 aromatic carbocycles. The van der Waals surface area contributed by atoms with Gasteiger partial charge in [-0.05, 0) is 38.0 Å². The molecule has 2 heterocycles. The van der Waals surface area contributed by atoms with E-state index in [9.17, 15) is 4.79 Å². The second-order valence-corrected chi connectivity index (χ2v) is 10.9. The Bertz CT molecular complexity index is 1310. The van der Waals surface area contributed by atoms with Crippen molar-refractivity contribution in [2.45, 2.75) is 64.3 Å². The van der Waals surface area contributed by atoms with E-state index in [4.69, 9.17) is 42.8 Å². The summed E-state index contributed by atoms with van der Waals surface area (Å²) in [5.41, 5.74) is 2.73. The van der Waals surface area contributed by atoms with Crippen molar-refractivity contribution in [1.29, 1.82) is 0 Å². The number of hydrogen-bond donors (Lipinski definition) is 1. The number of ether oxygens (including phenoxy) is 2. The molecule has 0 amide bonds. The Hall–Kier alpha value is -2.68. The second kappa shape index (κ2) is 13.4. The first kappa shape index (κ1) is 28.3. The number of para-hydroxylation sites is 1. The molecule has 0 fully saturated rings. The molecule has 202 valence electrons. The predicted molar refractivity (Wildman–Crippen MR) is 153 cm³/mol. The Labute approximate surface area is 237 Å². The minimum absolute atomic E-state index is 0.235. The lowest BCUT2D eigenvalue weighted by molar-refractivity contribution is -0.139. The molecule has 0 aliphatic carbocycles. The number of aromatic nitrogens is 3. The maximum Gasteiger partial charge on any atom is 0.338 e. The molecule has 38 heavy (non-hydrogen) atoms. The van der Waals surface area contributed by atoms with E-state index < -0.39 is 6.04 Å². The Morgan fingerprint density at radius 2 is 1.92 bits per heavy atom. The van der Waals surface area contributed by atoms with Crippen molar-refractivity contribution >= 4 is 46.9 Å². The lowest BCUT2D eigenvalue weighted by Crippen LogP contribution is -2.30. The summed E-state index contributed by atoms with van der Waals surface area (Å²) in [4.78, 5) is 18.1. The molecule has 4 rings (SSSR count). The van der Waals surface area contributed by atoms with Crippen LogP contribution in [0.5, 0.6) is 5.75 Å². The van der Waals surface area contributed by atoms with E-state index in [0.717, 1.165) is 42.6 Å². The maximum atomic E-state index is 13.4. The quantitative estimate of drug-likeness (QED) is 0.135. The van der Waals surface area contributed by atoms with Gasteiger partial charge in [0.1, 0.15) is 18.4 Å². The molecule has 1 aromatic heterocycles. The molecule has 1 unspecified atom stereocenters. The Balaban J connectivity index is 1.71. The Morgan fingerprint density at radius 1 is 1.13 bits per heavy atom. The first-order valence-electron chi connectivity index (χ1n) is 12.8. The van der Waals surface area contributed by atoms with E-state index in [2.05, 4.69) is 19.2 Å². The van der Waals surface area contributed by atoms with E-state index in [1.807, 2.05) is 37.3 Å². The SMILES string of the molecule is CCCCOC(=O)C1=C(C)Nc2nc(SCCCC)nn2C1c1ccccc1OCc1ccc(Cl)cc1Cl. The molecule has 10 heteroatoms. The number of halogens is 2. The topological polar surface area (TPSA) is 78.3 Å². The number of rotatable bonds is 12. The molecule has 0 spiro atoms. The summed E-state index contributed by atoms with van der Waals surface area (Å²) in [6, 6.07) is 12.4. The van der Waals surface area contributed by atoms with Crippen LogP contribution in [-0.2, 0) is 16.1 Å². The highest BCUT2D eigenvalue weighted by molar-refractivity contribution is 7.99. The number of anilines is 1. The molecule has 0 bridgehead atoms. The second-order valence-electron chi connectivity index (χ2n) is 8.98. The number of nitrogens with one attached hydrogen (secondary N) is 1. The van der Waals surface area contributed by atoms with Crippen LogP contribution in [0, 0.1) is 0 Å². The number of unbranched alkanes of at least 4 members (excludes halogenated alkanes) is 2. The predicted octanol–water partition coefficient (Wildman–Crippen LogP) is 7.69. The zero-order valence-corrected chi connectivity index (χ0v) is 24.1. The van der Waals surface area contributed by atoms with Crippen molar-refractivity contribution in [3.63, 3.8) is 0 Å². The van der Waals surface area contributed by atoms with Gasteiger partial charge in [0.2, 0.25) is 11.1 Å². The Kier molecular flexibility index (Phi) is 9.99. The van der Waals surface area contributed by atoms with Gasteiger partial charge in [0, 0.05) is 32.6 Å². The number of benzene rings is 2. The van der Waals surface area contributed by atoms with Crippen LogP contribution in [0.25, 0.3) is 0 Å². The fourth-order valence-electron chi connectivity index (χ4n) is 4.07. The molecule has 1 aliphatic heterocycles. The van der Waals surface area contributed by atoms with Crippen LogP contribution in [-0.4, -0.2) is 33.1 Å². The van der Waals surface area contributed by atoms with Gasteiger partial charge in [-0.25, -0.2) is 9.48 Å². The van der Waals surface area contributed by atoms with E-state index in [1.165, 1.54) is 0 Å². The largest absolute Gasteiger partial charge is 0.488 e. The van der Waals surface area contributed by atoms with E-state index in [-0.39, 0.29) is 12.6 Å². The van der Waals surface area contributed by atoms with Crippen molar-refractivity contribution in [3.8, 4) is 5.75 Å². The van der Waals surface area contributed by atoms with Gasteiger partial charge in [0.15, 0.2) is 0 Å². The number of nitrogens with zero attached hydrogens (tertiary/aromatic N) is 3. The van der Waals surface area contributed by atoms with Crippen molar-refractivity contribution < 1.29 is 14.3 Å². The van der Waals surface area contributed by atoms with Gasteiger partial charge in [0.25, 0.3) is 0 Å². The average molecular weight is 576 g/mol. The van der Waals surface area contributed by atoms with Crippen molar-refractivity contribution in [2.24, 2.45) is 0 Å². The van der Waals surface area contributed by atoms with Gasteiger partial charge < -0.3 is 14.8 Å². The van der Waals surface area contributed by atoms with Gasteiger partial charge in [-0.3, -0.25) is 0 Å².